The first kappa shape index (κ1) is 12.7. The molecule has 0 aromatic rings. The Balaban J connectivity index is 4.25. The molecule has 0 aromatic carbocycles. The number of ether oxygens (including phenoxy) is 1. The van der Waals surface area contributed by atoms with Gasteiger partial charge < -0.3 is 4.74 Å². The predicted octanol–water partition coefficient (Wildman–Crippen LogP) is 2.51. The van der Waals surface area contributed by atoms with Crippen LogP contribution in [0.2, 0.25) is 0 Å². The van der Waals surface area contributed by atoms with Gasteiger partial charge in [-0.2, -0.15) is 13.2 Å². The molecule has 0 aliphatic heterocycles. The number of alkyl halides is 4. The van der Waals surface area contributed by atoms with Gasteiger partial charge in [0.15, 0.2) is 0 Å². The van der Waals surface area contributed by atoms with Crippen LogP contribution in [-0.2, 0) is 9.53 Å². The summed E-state index contributed by atoms with van der Waals surface area (Å²) >= 11 is 2.65. The maximum absolute atomic E-state index is 12.1. The van der Waals surface area contributed by atoms with Gasteiger partial charge in [0, 0.05) is 0 Å². The van der Waals surface area contributed by atoms with Crippen LogP contribution < -0.4 is 0 Å². The molecule has 0 aliphatic carbocycles. The van der Waals surface area contributed by atoms with E-state index in [1.165, 1.54) is 6.92 Å². The van der Waals surface area contributed by atoms with Crippen molar-refractivity contribution in [3.05, 3.63) is 0 Å². The molecular weight excluding hydrogens is 253 g/mol. The van der Waals surface area contributed by atoms with E-state index in [4.69, 9.17) is 0 Å². The van der Waals surface area contributed by atoms with Crippen LogP contribution in [0, 0.1) is 5.92 Å². The van der Waals surface area contributed by atoms with Crippen LogP contribution in [0.5, 0.6) is 0 Å². The molecule has 0 saturated heterocycles. The number of esters is 1. The van der Waals surface area contributed by atoms with Gasteiger partial charge in [0.25, 0.3) is 0 Å². The molecule has 13 heavy (non-hydrogen) atoms. The fourth-order valence-corrected chi connectivity index (χ4v) is 1.02. The van der Waals surface area contributed by atoms with E-state index in [9.17, 15) is 18.0 Å². The van der Waals surface area contributed by atoms with E-state index in [0.717, 1.165) is 6.92 Å². The number of halogens is 4. The lowest BCUT2D eigenvalue weighted by Crippen LogP contribution is -2.34. The number of carbonyl (C=O) groups is 1. The van der Waals surface area contributed by atoms with E-state index in [2.05, 4.69) is 20.7 Å². The first-order valence-corrected chi connectivity index (χ1v) is 4.59. The van der Waals surface area contributed by atoms with E-state index >= 15 is 0 Å². The summed E-state index contributed by atoms with van der Waals surface area (Å²) in [6.45, 7) is 2.54. The quantitative estimate of drug-likeness (QED) is 0.577. The molecule has 1 unspecified atom stereocenters. The molecule has 0 fully saturated rings. The van der Waals surface area contributed by atoms with Gasteiger partial charge >= 0.3 is 12.1 Å². The summed E-state index contributed by atoms with van der Waals surface area (Å²) < 4.78 is 40.6. The summed E-state index contributed by atoms with van der Waals surface area (Å²) in [5.74, 6) is -2.63. The molecule has 0 N–H and O–H groups in total. The molecule has 0 spiro atoms. The van der Waals surface area contributed by atoms with Crippen LogP contribution in [0.4, 0.5) is 13.2 Å². The number of carbonyl (C=O) groups excluding carboxylic acids is 1. The highest BCUT2D eigenvalue weighted by Gasteiger charge is 2.43. The van der Waals surface area contributed by atoms with Gasteiger partial charge in [0.05, 0.1) is 12.5 Å². The molecule has 0 rings (SSSR count). The summed E-state index contributed by atoms with van der Waals surface area (Å²) in [6, 6.07) is 0. The normalized spacial score (nSPS) is 16.5. The summed E-state index contributed by atoms with van der Waals surface area (Å²) in [4.78, 5) is 9.54. The Morgan fingerprint density at radius 3 is 2.31 bits per heavy atom. The molecule has 78 valence electrons. The van der Waals surface area contributed by atoms with Crippen molar-refractivity contribution in [1.82, 2.24) is 0 Å². The first-order chi connectivity index (χ1) is 5.80. The number of hydrogen-bond donors (Lipinski definition) is 0. The molecule has 2 atom stereocenters. The van der Waals surface area contributed by atoms with Crippen molar-refractivity contribution in [2.75, 3.05) is 6.61 Å². The van der Waals surface area contributed by atoms with Gasteiger partial charge in [-0.3, -0.25) is 4.79 Å². The van der Waals surface area contributed by atoms with Gasteiger partial charge in [-0.15, -0.1) is 0 Å². The average Bonchev–Trinajstić information content (AvgIpc) is 2.00. The zero-order valence-corrected chi connectivity index (χ0v) is 8.78. The van der Waals surface area contributed by atoms with Crippen molar-refractivity contribution >= 4 is 21.9 Å². The van der Waals surface area contributed by atoms with Crippen molar-refractivity contribution in [2.45, 2.75) is 24.9 Å². The highest BCUT2D eigenvalue weighted by Crippen LogP contribution is 2.32. The Kier molecular flexibility index (Phi) is 4.74. The minimum Gasteiger partial charge on any atom is -0.465 e. The van der Waals surface area contributed by atoms with Gasteiger partial charge in [0.2, 0.25) is 0 Å². The fourth-order valence-electron chi connectivity index (χ4n) is 0.592. The van der Waals surface area contributed by atoms with Crippen molar-refractivity contribution in [1.29, 1.82) is 0 Å². The summed E-state index contributed by atoms with van der Waals surface area (Å²) in [5.41, 5.74) is 0. The summed E-state index contributed by atoms with van der Waals surface area (Å²) in [5, 5.41) is 0. The van der Waals surface area contributed by atoms with Crippen LogP contribution in [0.25, 0.3) is 0 Å². The largest absolute Gasteiger partial charge is 0.465 e. The molecule has 0 aliphatic rings. The van der Waals surface area contributed by atoms with E-state index < -0.39 is 22.9 Å². The smallest absolute Gasteiger partial charge is 0.393 e. The standard InChI is InChI=1S/C7H10BrF3O2/c1-3-13-6(12)5(8)4(2)7(9,10)11/h4-5H,3H2,1-2H3/t4-,5?/m0/s1. The summed E-state index contributed by atoms with van der Waals surface area (Å²) in [6.07, 6.45) is -4.39. The topological polar surface area (TPSA) is 26.3 Å². The van der Waals surface area contributed by atoms with Crippen molar-refractivity contribution in [3.63, 3.8) is 0 Å². The zero-order valence-electron chi connectivity index (χ0n) is 7.19. The van der Waals surface area contributed by atoms with Gasteiger partial charge in [-0.05, 0) is 6.92 Å². The second-order valence-electron chi connectivity index (χ2n) is 2.48. The lowest BCUT2D eigenvalue weighted by atomic mass is 10.1. The maximum atomic E-state index is 12.1. The molecular formula is C7H10BrF3O2. The maximum Gasteiger partial charge on any atom is 0.393 e. The number of rotatable bonds is 3. The lowest BCUT2D eigenvalue weighted by molar-refractivity contribution is -0.177. The van der Waals surface area contributed by atoms with Gasteiger partial charge in [-0.25, -0.2) is 0 Å². The van der Waals surface area contributed by atoms with Crippen molar-refractivity contribution in [3.8, 4) is 0 Å². The third-order valence-electron chi connectivity index (χ3n) is 1.47. The van der Waals surface area contributed by atoms with Crippen LogP contribution in [0.3, 0.4) is 0 Å². The monoisotopic (exact) mass is 262 g/mol. The third kappa shape index (κ3) is 3.97. The molecule has 0 heterocycles. The van der Waals surface area contributed by atoms with Crippen molar-refractivity contribution in [2.24, 2.45) is 5.92 Å². The SMILES string of the molecule is CCOC(=O)C(Br)[C@H](C)C(F)(F)F. The van der Waals surface area contributed by atoms with E-state index in [1.807, 2.05) is 0 Å². The highest BCUT2D eigenvalue weighted by molar-refractivity contribution is 9.10. The first-order valence-electron chi connectivity index (χ1n) is 3.68. The van der Waals surface area contributed by atoms with Gasteiger partial charge in [0.1, 0.15) is 4.83 Å². The third-order valence-corrected chi connectivity index (χ3v) is 2.63. The Labute approximate surface area is 82.6 Å². The minimum atomic E-state index is -4.39. The van der Waals surface area contributed by atoms with Crippen LogP contribution >= 0.6 is 15.9 Å². The second kappa shape index (κ2) is 4.83. The van der Waals surface area contributed by atoms with Crippen LogP contribution in [0.15, 0.2) is 0 Å². The molecule has 0 saturated carbocycles. The van der Waals surface area contributed by atoms with Crippen molar-refractivity contribution < 1.29 is 22.7 Å². The fraction of sp³-hybridized carbons (Fsp3) is 0.857. The lowest BCUT2D eigenvalue weighted by Gasteiger charge is -2.19. The van der Waals surface area contributed by atoms with Crippen LogP contribution in [-0.4, -0.2) is 23.6 Å². The van der Waals surface area contributed by atoms with E-state index in [0.29, 0.717) is 0 Å². The summed E-state index contributed by atoms with van der Waals surface area (Å²) in [7, 11) is 0. The predicted molar refractivity (Wildman–Crippen MR) is 44.6 cm³/mol. The molecule has 0 radical (unpaired) electrons. The van der Waals surface area contributed by atoms with E-state index in [1.54, 1.807) is 0 Å². The van der Waals surface area contributed by atoms with Gasteiger partial charge in [-0.1, -0.05) is 22.9 Å². The molecule has 0 bridgehead atoms. The molecule has 6 heteroatoms. The zero-order chi connectivity index (χ0) is 10.6. The van der Waals surface area contributed by atoms with E-state index in [-0.39, 0.29) is 6.61 Å². The second-order valence-corrected chi connectivity index (χ2v) is 3.47. The Hall–Kier alpha value is -0.260. The number of hydrogen-bond acceptors (Lipinski definition) is 2. The highest BCUT2D eigenvalue weighted by atomic mass is 79.9. The molecule has 2 nitrogen and oxygen atoms in total. The molecule has 0 aromatic heterocycles. The average molecular weight is 263 g/mol. The van der Waals surface area contributed by atoms with Crippen LogP contribution in [0.1, 0.15) is 13.8 Å². The molecule has 0 amide bonds. The Morgan fingerprint density at radius 2 is 2.00 bits per heavy atom. The Morgan fingerprint density at radius 1 is 1.54 bits per heavy atom. The minimum absolute atomic E-state index is 0.0749. The Bertz CT molecular complexity index is 181.